The van der Waals surface area contributed by atoms with Gasteiger partial charge in [0.25, 0.3) is 0 Å². The van der Waals surface area contributed by atoms with Crippen LogP contribution in [-0.4, -0.2) is 10.8 Å². The Bertz CT molecular complexity index is 641. The molecule has 4 nitrogen and oxygen atoms in total. The van der Waals surface area contributed by atoms with E-state index in [0.717, 1.165) is 11.1 Å². The van der Waals surface area contributed by atoms with Crippen molar-refractivity contribution >= 4 is 5.78 Å². The Morgan fingerprint density at radius 2 is 1.35 bits per heavy atom. The lowest BCUT2D eigenvalue weighted by Gasteiger charge is -1.99. The second-order valence-electron chi connectivity index (χ2n) is 3.91. The van der Waals surface area contributed by atoms with Crippen LogP contribution in [0.4, 0.5) is 0 Å². The first kappa shape index (κ1) is 13.5. The maximum Gasteiger partial charge on any atom is 0.416 e. The van der Waals surface area contributed by atoms with Crippen molar-refractivity contribution in [1.29, 1.82) is 0 Å². The van der Waals surface area contributed by atoms with E-state index in [9.17, 15) is 9.59 Å². The summed E-state index contributed by atoms with van der Waals surface area (Å²) in [5, 5.41) is 0. The van der Waals surface area contributed by atoms with Crippen LogP contribution in [-0.2, 0) is 0 Å². The predicted octanol–water partition coefficient (Wildman–Crippen LogP) is 2.89. The van der Waals surface area contributed by atoms with Crippen molar-refractivity contribution in [1.82, 2.24) is 4.98 Å². The molecule has 0 saturated heterocycles. The molecule has 3 aromatic rings. The van der Waals surface area contributed by atoms with Gasteiger partial charge in [-0.2, -0.15) is 0 Å². The first-order valence-electron chi connectivity index (χ1n) is 6.04. The molecule has 0 spiro atoms. The molecule has 1 N–H and O–H groups in total. The normalized spacial score (nSPS) is 9.40. The Morgan fingerprint density at radius 3 is 1.65 bits per heavy atom. The lowest BCUT2D eigenvalue weighted by Crippen LogP contribution is -1.99. The Kier molecular flexibility index (Phi) is 4.67. The van der Waals surface area contributed by atoms with Crippen molar-refractivity contribution in [2.24, 2.45) is 0 Å². The molecular formula is C16H13NO3. The number of oxazole rings is 1. The van der Waals surface area contributed by atoms with Crippen molar-refractivity contribution in [3.8, 4) is 0 Å². The van der Waals surface area contributed by atoms with Crippen LogP contribution in [0.25, 0.3) is 0 Å². The van der Waals surface area contributed by atoms with Crippen LogP contribution >= 0.6 is 0 Å². The van der Waals surface area contributed by atoms with Gasteiger partial charge in [0.15, 0.2) is 5.78 Å². The van der Waals surface area contributed by atoms with Crippen molar-refractivity contribution < 1.29 is 9.21 Å². The highest BCUT2D eigenvalue weighted by Gasteiger charge is 2.06. The summed E-state index contributed by atoms with van der Waals surface area (Å²) in [5.74, 6) is -0.332. The van der Waals surface area contributed by atoms with E-state index in [1.54, 1.807) is 0 Å². The number of aromatic amines is 1. The number of ketones is 1. The summed E-state index contributed by atoms with van der Waals surface area (Å²) in [5.41, 5.74) is 1.47. The van der Waals surface area contributed by atoms with Gasteiger partial charge in [-0.25, -0.2) is 4.79 Å². The molecule has 0 amide bonds. The predicted molar refractivity (Wildman–Crippen MR) is 75.6 cm³/mol. The molecule has 0 atom stereocenters. The van der Waals surface area contributed by atoms with E-state index in [2.05, 4.69) is 9.40 Å². The summed E-state index contributed by atoms with van der Waals surface area (Å²) in [6, 6.07) is 18.6. The number of hydrogen-bond donors (Lipinski definition) is 1. The smallest absolute Gasteiger partial charge is 0.416 e. The molecule has 1 aromatic heterocycles. The average molecular weight is 267 g/mol. The molecule has 0 aliphatic rings. The standard InChI is InChI=1S/C13H10O.C3H3NO2/c14-13(11-7-3-1-4-8-11)12-9-5-2-6-10-12;5-3-4-1-2-6-3/h1-10H;1-2H,(H,4,5). The number of hydrogen-bond acceptors (Lipinski definition) is 3. The van der Waals surface area contributed by atoms with Gasteiger partial charge in [-0.15, -0.1) is 0 Å². The van der Waals surface area contributed by atoms with E-state index in [-0.39, 0.29) is 5.78 Å². The highest BCUT2D eigenvalue weighted by Crippen LogP contribution is 2.08. The molecule has 4 heteroatoms. The molecule has 0 fully saturated rings. The van der Waals surface area contributed by atoms with Gasteiger partial charge >= 0.3 is 5.76 Å². The van der Waals surface area contributed by atoms with Crippen LogP contribution in [0.1, 0.15) is 15.9 Å². The minimum atomic E-state index is -0.407. The molecule has 0 aliphatic carbocycles. The zero-order chi connectivity index (χ0) is 14.2. The van der Waals surface area contributed by atoms with Crippen LogP contribution < -0.4 is 5.76 Å². The van der Waals surface area contributed by atoms with Gasteiger partial charge in [-0.3, -0.25) is 9.78 Å². The fourth-order valence-corrected chi connectivity index (χ4v) is 1.58. The summed E-state index contributed by atoms with van der Waals surface area (Å²) in [6.45, 7) is 0. The largest absolute Gasteiger partial charge is 0.417 e. The SMILES string of the molecule is O=C(c1ccccc1)c1ccccc1.O=c1[nH]cco1. The Hall–Kier alpha value is -2.88. The van der Waals surface area contributed by atoms with E-state index < -0.39 is 5.76 Å². The average Bonchev–Trinajstić information content (AvgIpc) is 3.00. The second kappa shape index (κ2) is 6.89. The monoisotopic (exact) mass is 267 g/mol. The third-order valence-electron chi connectivity index (χ3n) is 2.52. The van der Waals surface area contributed by atoms with Crippen LogP contribution in [0.2, 0.25) is 0 Å². The molecule has 3 rings (SSSR count). The van der Waals surface area contributed by atoms with E-state index in [1.807, 2.05) is 60.7 Å². The van der Waals surface area contributed by atoms with Crippen molar-refractivity contribution in [2.75, 3.05) is 0 Å². The molecule has 1 heterocycles. The summed E-state index contributed by atoms with van der Waals surface area (Å²) in [7, 11) is 0. The number of carbonyl (C=O) groups excluding carboxylic acids is 1. The minimum Gasteiger partial charge on any atom is -0.417 e. The quantitative estimate of drug-likeness (QED) is 0.726. The highest BCUT2D eigenvalue weighted by molar-refractivity contribution is 6.08. The first-order valence-corrected chi connectivity index (χ1v) is 6.04. The maximum absolute atomic E-state index is 11.8. The molecule has 0 aliphatic heterocycles. The third-order valence-corrected chi connectivity index (χ3v) is 2.52. The van der Waals surface area contributed by atoms with Crippen LogP contribution in [0.5, 0.6) is 0 Å². The van der Waals surface area contributed by atoms with Gasteiger partial charge in [-0.1, -0.05) is 60.7 Å². The van der Waals surface area contributed by atoms with Crippen molar-refractivity contribution in [3.63, 3.8) is 0 Å². The summed E-state index contributed by atoms with van der Waals surface area (Å²) < 4.78 is 4.22. The molecule has 0 bridgehead atoms. The van der Waals surface area contributed by atoms with Gasteiger partial charge in [0, 0.05) is 17.3 Å². The number of rotatable bonds is 2. The molecule has 0 saturated carbocycles. The number of H-pyrrole nitrogens is 1. The Balaban J connectivity index is 0.000000205. The maximum atomic E-state index is 11.8. The molecular weight excluding hydrogens is 254 g/mol. The lowest BCUT2D eigenvalue weighted by molar-refractivity contribution is 0.103. The van der Waals surface area contributed by atoms with Crippen LogP contribution in [0.3, 0.4) is 0 Å². The van der Waals surface area contributed by atoms with Gasteiger partial charge in [0.1, 0.15) is 6.26 Å². The van der Waals surface area contributed by atoms with E-state index in [0.29, 0.717) is 0 Å². The molecule has 0 radical (unpaired) electrons. The van der Waals surface area contributed by atoms with Gasteiger partial charge in [0.05, 0.1) is 0 Å². The van der Waals surface area contributed by atoms with Crippen molar-refractivity contribution in [2.45, 2.75) is 0 Å². The Labute approximate surface area is 115 Å². The topological polar surface area (TPSA) is 63.1 Å². The van der Waals surface area contributed by atoms with Crippen LogP contribution in [0.15, 0.2) is 82.3 Å². The first-order chi connectivity index (χ1) is 9.77. The Morgan fingerprint density at radius 1 is 0.850 bits per heavy atom. The summed E-state index contributed by atoms with van der Waals surface area (Å²) in [6.07, 6.45) is 2.73. The highest BCUT2D eigenvalue weighted by atomic mass is 16.4. The zero-order valence-corrected chi connectivity index (χ0v) is 10.7. The van der Waals surface area contributed by atoms with Crippen molar-refractivity contribution in [3.05, 3.63) is 94.8 Å². The number of nitrogens with one attached hydrogen (secondary N) is 1. The minimum absolute atomic E-state index is 0.0752. The number of carbonyl (C=O) groups is 1. The molecule has 0 unspecified atom stereocenters. The van der Waals surface area contributed by atoms with Gasteiger partial charge < -0.3 is 4.42 Å². The second-order valence-corrected chi connectivity index (χ2v) is 3.91. The number of benzene rings is 2. The number of aromatic nitrogens is 1. The van der Waals surface area contributed by atoms with Gasteiger partial charge in [-0.05, 0) is 0 Å². The summed E-state index contributed by atoms with van der Waals surface area (Å²) in [4.78, 5) is 24.0. The third kappa shape index (κ3) is 3.81. The van der Waals surface area contributed by atoms with E-state index in [1.165, 1.54) is 12.5 Å². The van der Waals surface area contributed by atoms with E-state index in [4.69, 9.17) is 0 Å². The molecule has 100 valence electrons. The fraction of sp³-hybridized carbons (Fsp3) is 0. The fourth-order valence-electron chi connectivity index (χ4n) is 1.58. The van der Waals surface area contributed by atoms with Crippen LogP contribution in [0, 0.1) is 0 Å². The zero-order valence-electron chi connectivity index (χ0n) is 10.7. The van der Waals surface area contributed by atoms with Gasteiger partial charge in [0.2, 0.25) is 0 Å². The van der Waals surface area contributed by atoms with E-state index >= 15 is 0 Å². The molecule has 20 heavy (non-hydrogen) atoms. The lowest BCUT2D eigenvalue weighted by atomic mass is 10.0. The molecule has 2 aromatic carbocycles. The summed E-state index contributed by atoms with van der Waals surface area (Å²) >= 11 is 0.